The van der Waals surface area contributed by atoms with E-state index in [9.17, 15) is 14.3 Å². The molecule has 0 radical (unpaired) electrons. The molecular formula is C14H10FNO3. The van der Waals surface area contributed by atoms with Gasteiger partial charge in [0.25, 0.3) is 0 Å². The fraction of sp³-hybridized carbons (Fsp3) is 0.143. The van der Waals surface area contributed by atoms with Crippen LogP contribution < -0.4 is 4.74 Å². The molecule has 0 spiro atoms. The van der Waals surface area contributed by atoms with Gasteiger partial charge in [-0.2, -0.15) is 0 Å². The molecule has 2 heterocycles. The van der Waals surface area contributed by atoms with Crippen LogP contribution in [0.5, 0.6) is 5.75 Å². The molecule has 4 nitrogen and oxygen atoms in total. The monoisotopic (exact) mass is 259 g/mol. The summed E-state index contributed by atoms with van der Waals surface area (Å²) in [5.74, 6) is -0.844. The van der Waals surface area contributed by atoms with Crippen LogP contribution in [0.4, 0.5) is 4.39 Å². The number of ketones is 1. The molecule has 0 aliphatic carbocycles. The standard InChI is InChI=1S/C14H10FNO3/c15-8-4-5-11-9(7-8)12(17)13(18)14(19-11)10-3-1-2-6-16-10/h1-7,13-14,18H. The smallest absolute Gasteiger partial charge is 0.199 e. The Bertz CT molecular complexity index is 630. The van der Waals surface area contributed by atoms with Gasteiger partial charge >= 0.3 is 0 Å². The number of hydrogen-bond donors (Lipinski definition) is 1. The molecule has 2 unspecified atom stereocenters. The van der Waals surface area contributed by atoms with E-state index in [0.717, 1.165) is 6.07 Å². The second-order valence-corrected chi connectivity index (χ2v) is 4.24. The predicted octanol–water partition coefficient (Wildman–Crippen LogP) is 1.90. The normalized spacial score (nSPS) is 21.7. The first kappa shape index (κ1) is 11.8. The maximum absolute atomic E-state index is 13.1. The number of carbonyl (C=O) groups excluding carboxylic acids is 1. The number of hydrogen-bond acceptors (Lipinski definition) is 4. The molecule has 1 aromatic heterocycles. The molecule has 1 aliphatic rings. The quantitative estimate of drug-likeness (QED) is 0.849. The number of ether oxygens (including phenoxy) is 1. The van der Waals surface area contributed by atoms with E-state index < -0.39 is 23.8 Å². The highest BCUT2D eigenvalue weighted by Gasteiger charge is 2.37. The summed E-state index contributed by atoms with van der Waals surface area (Å²) in [6, 6.07) is 8.78. The average Bonchev–Trinajstić information content (AvgIpc) is 2.44. The first-order valence-corrected chi connectivity index (χ1v) is 5.76. The van der Waals surface area contributed by atoms with Crippen molar-refractivity contribution in [3.8, 4) is 5.75 Å². The van der Waals surface area contributed by atoms with Gasteiger partial charge in [-0.3, -0.25) is 9.78 Å². The van der Waals surface area contributed by atoms with Crippen LogP contribution in [0, 0.1) is 5.82 Å². The lowest BCUT2D eigenvalue weighted by atomic mass is 9.96. The molecular weight excluding hydrogens is 249 g/mol. The molecule has 0 saturated carbocycles. The zero-order chi connectivity index (χ0) is 13.4. The molecule has 1 aromatic carbocycles. The second kappa shape index (κ2) is 4.44. The summed E-state index contributed by atoms with van der Waals surface area (Å²) in [6.45, 7) is 0. The van der Waals surface area contributed by atoms with Crippen molar-refractivity contribution in [1.29, 1.82) is 0 Å². The van der Waals surface area contributed by atoms with Gasteiger partial charge < -0.3 is 9.84 Å². The number of halogens is 1. The Morgan fingerprint density at radius 1 is 1.26 bits per heavy atom. The van der Waals surface area contributed by atoms with E-state index in [0.29, 0.717) is 5.69 Å². The minimum absolute atomic E-state index is 0.0553. The van der Waals surface area contributed by atoms with E-state index in [-0.39, 0.29) is 11.3 Å². The van der Waals surface area contributed by atoms with E-state index >= 15 is 0 Å². The topological polar surface area (TPSA) is 59.4 Å². The van der Waals surface area contributed by atoms with Crippen molar-refractivity contribution in [3.05, 3.63) is 59.7 Å². The SMILES string of the molecule is O=C1c2cc(F)ccc2OC(c2ccccn2)C1O. The Kier molecular flexibility index (Phi) is 2.76. The van der Waals surface area contributed by atoms with Crippen molar-refractivity contribution in [2.75, 3.05) is 0 Å². The number of pyridine rings is 1. The summed E-state index contributed by atoms with van der Waals surface area (Å²) >= 11 is 0. The van der Waals surface area contributed by atoms with Crippen molar-refractivity contribution in [2.24, 2.45) is 0 Å². The number of benzene rings is 1. The number of aromatic nitrogens is 1. The highest BCUT2D eigenvalue weighted by molar-refractivity contribution is 6.03. The number of carbonyl (C=O) groups is 1. The Morgan fingerprint density at radius 2 is 2.11 bits per heavy atom. The number of aliphatic hydroxyl groups excluding tert-OH is 1. The number of fused-ring (bicyclic) bond motifs is 1. The minimum Gasteiger partial charge on any atom is -0.480 e. The number of rotatable bonds is 1. The van der Waals surface area contributed by atoms with Gasteiger partial charge in [-0.05, 0) is 30.3 Å². The third-order valence-corrected chi connectivity index (χ3v) is 3.00. The molecule has 96 valence electrons. The van der Waals surface area contributed by atoms with Crippen molar-refractivity contribution in [1.82, 2.24) is 4.98 Å². The third kappa shape index (κ3) is 1.98. The Hall–Kier alpha value is -2.27. The average molecular weight is 259 g/mol. The molecule has 2 aromatic rings. The molecule has 0 bridgehead atoms. The molecule has 3 rings (SSSR count). The van der Waals surface area contributed by atoms with Crippen LogP contribution in [-0.2, 0) is 0 Å². The number of aliphatic hydroxyl groups is 1. The van der Waals surface area contributed by atoms with Gasteiger partial charge in [0.2, 0.25) is 0 Å². The van der Waals surface area contributed by atoms with E-state index in [2.05, 4.69) is 4.98 Å². The largest absolute Gasteiger partial charge is 0.480 e. The van der Waals surface area contributed by atoms with Gasteiger partial charge in [-0.1, -0.05) is 6.07 Å². The number of nitrogens with zero attached hydrogens (tertiary/aromatic N) is 1. The van der Waals surface area contributed by atoms with Crippen LogP contribution in [0.2, 0.25) is 0 Å². The molecule has 0 fully saturated rings. The summed E-state index contributed by atoms with van der Waals surface area (Å²) < 4.78 is 18.7. The molecule has 0 amide bonds. The Labute approximate surface area is 108 Å². The van der Waals surface area contributed by atoms with E-state index in [4.69, 9.17) is 4.74 Å². The van der Waals surface area contributed by atoms with Crippen LogP contribution in [0.1, 0.15) is 22.2 Å². The molecule has 2 atom stereocenters. The summed E-state index contributed by atoms with van der Waals surface area (Å²) in [5.41, 5.74) is 0.512. The highest BCUT2D eigenvalue weighted by Crippen LogP contribution is 2.34. The van der Waals surface area contributed by atoms with Gasteiger partial charge in [0, 0.05) is 6.20 Å². The molecule has 1 N–H and O–H groups in total. The minimum atomic E-state index is -1.39. The fourth-order valence-corrected chi connectivity index (χ4v) is 2.06. The summed E-state index contributed by atoms with van der Waals surface area (Å²) in [7, 11) is 0. The van der Waals surface area contributed by atoms with Crippen molar-refractivity contribution in [3.63, 3.8) is 0 Å². The second-order valence-electron chi connectivity index (χ2n) is 4.24. The molecule has 1 aliphatic heterocycles. The van der Waals surface area contributed by atoms with E-state index in [1.807, 2.05) is 0 Å². The molecule has 5 heteroatoms. The summed E-state index contributed by atoms with van der Waals surface area (Å²) in [6.07, 6.45) is -0.702. The van der Waals surface area contributed by atoms with Gasteiger partial charge in [-0.15, -0.1) is 0 Å². The van der Waals surface area contributed by atoms with Gasteiger partial charge in [-0.25, -0.2) is 4.39 Å². The first-order chi connectivity index (χ1) is 9.16. The van der Waals surface area contributed by atoms with E-state index in [1.54, 1.807) is 24.4 Å². The van der Waals surface area contributed by atoms with Gasteiger partial charge in [0.05, 0.1) is 11.3 Å². The number of Topliss-reactive ketones (excluding diaryl/α,β-unsaturated/α-hetero) is 1. The zero-order valence-electron chi connectivity index (χ0n) is 9.79. The summed E-state index contributed by atoms with van der Waals surface area (Å²) in [4.78, 5) is 16.1. The lowest BCUT2D eigenvalue weighted by Crippen LogP contribution is -2.36. The van der Waals surface area contributed by atoms with Crippen LogP contribution in [0.3, 0.4) is 0 Å². The van der Waals surface area contributed by atoms with Crippen LogP contribution >= 0.6 is 0 Å². The van der Waals surface area contributed by atoms with Crippen LogP contribution in [-0.4, -0.2) is 22.0 Å². The highest BCUT2D eigenvalue weighted by atomic mass is 19.1. The van der Waals surface area contributed by atoms with E-state index in [1.165, 1.54) is 12.1 Å². The first-order valence-electron chi connectivity index (χ1n) is 5.76. The van der Waals surface area contributed by atoms with Gasteiger partial charge in [0.1, 0.15) is 11.6 Å². The van der Waals surface area contributed by atoms with Crippen LogP contribution in [0.25, 0.3) is 0 Å². The van der Waals surface area contributed by atoms with Crippen molar-refractivity contribution >= 4 is 5.78 Å². The zero-order valence-corrected chi connectivity index (χ0v) is 9.79. The third-order valence-electron chi connectivity index (χ3n) is 3.00. The Morgan fingerprint density at radius 3 is 2.84 bits per heavy atom. The maximum atomic E-state index is 13.1. The maximum Gasteiger partial charge on any atom is 0.199 e. The summed E-state index contributed by atoms with van der Waals surface area (Å²) in [5, 5.41) is 9.99. The van der Waals surface area contributed by atoms with Crippen molar-refractivity contribution < 1.29 is 19.0 Å². The molecule has 0 saturated heterocycles. The Balaban J connectivity index is 2.04. The van der Waals surface area contributed by atoms with Gasteiger partial charge in [0.15, 0.2) is 18.0 Å². The fourth-order valence-electron chi connectivity index (χ4n) is 2.06. The molecule has 19 heavy (non-hydrogen) atoms. The lowest BCUT2D eigenvalue weighted by Gasteiger charge is -2.28. The lowest BCUT2D eigenvalue weighted by molar-refractivity contribution is 0.0200. The predicted molar refractivity (Wildman–Crippen MR) is 64.3 cm³/mol. The van der Waals surface area contributed by atoms with Crippen LogP contribution in [0.15, 0.2) is 42.6 Å². The van der Waals surface area contributed by atoms with Crippen molar-refractivity contribution in [2.45, 2.75) is 12.2 Å².